The number of anilines is 3. The summed E-state index contributed by atoms with van der Waals surface area (Å²) >= 11 is 0. The summed E-state index contributed by atoms with van der Waals surface area (Å²) in [6.45, 7) is 1.69. The van der Waals surface area contributed by atoms with E-state index >= 15 is 0 Å². The molecular weight excluding hydrogens is 353 g/mol. The van der Waals surface area contributed by atoms with E-state index in [2.05, 4.69) is 5.32 Å². The van der Waals surface area contributed by atoms with Gasteiger partial charge in [0.05, 0.1) is 16.6 Å². The smallest absolute Gasteiger partial charge is 0.237 e. The summed E-state index contributed by atoms with van der Waals surface area (Å²) in [5, 5.41) is 1.97. The Hall–Kier alpha value is -2.22. The Morgan fingerprint density at radius 1 is 1.08 bits per heavy atom. The fraction of sp³-hybridized carbons (Fsp3) is 0.294. The van der Waals surface area contributed by atoms with Gasteiger partial charge in [-0.25, -0.2) is 21.6 Å². The molecule has 0 unspecified atom stereocenters. The van der Waals surface area contributed by atoms with Crippen LogP contribution in [0.15, 0.2) is 30.3 Å². The van der Waals surface area contributed by atoms with Crippen LogP contribution in [0, 0.1) is 24.4 Å². The SMILES string of the molecule is Cc1ccc(Nc2c(N(C)S(=O)(=O)C3CC3)ccc(F)c2F)c(F)c1. The number of sulfonamides is 1. The van der Waals surface area contributed by atoms with Crippen molar-refractivity contribution < 1.29 is 21.6 Å². The van der Waals surface area contributed by atoms with Gasteiger partial charge in [0.25, 0.3) is 0 Å². The molecule has 0 spiro atoms. The van der Waals surface area contributed by atoms with Gasteiger partial charge in [0, 0.05) is 7.05 Å². The summed E-state index contributed by atoms with van der Waals surface area (Å²) in [6.07, 6.45) is 1.07. The Balaban J connectivity index is 2.07. The third-order valence-electron chi connectivity index (χ3n) is 4.12. The van der Waals surface area contributed by atoms with Crippen LogP contribution < -0.4 is 9.62 Å². The van der Waals surface area contributed by atoms with E-state index in [1.807, 2.05) is 0 Å². The minimum Gasteiger partial charge on any atom is -0.349 e. The maximum Gasteiger partial charge on any atom is 0.237 e. The second-order valence-corrected chi connectivity index (χ2v) is 8.32. The number of benzene rings is 2. The first-order valence-electron chi connectivity index (χ1n) is 7.70. The second kappa shape index (κ2) is 6.25. The van der Waals surface area contributed by atoms with Gasteiger partial charge in [-0.15, -0.1) is 0 Å². The van der Waals surface area contributed by atoms with E-state index in [0.29, 0.717) is 18.4 Å². The number of nitrogens with one attached hydrogen (secondary N) is 1. The molecule has 0 aliphatic heterocycles. The average molecular weight is 370 g/mol. The van der Waals surface area contributed by atoms with Gasteiger partial charge in [-0.3, -0.25) is 4.31 Å². The normalized spacial score (nSPS) is 14.4. The van der Waals surface area contributed by atoms with Crippen LogP contribution in [-0.4, -0.2) is 20.7 Å². The molecule has 0 amide bonds. The van der Waals surface area contributed by atoms with E-state index < -0.39 is 38.4 Å². The van der Waals surface area contributed by atoms with Crippen molar-refractivity contribution in [3.8, 4) is 0 Å². The molecule has 8 heteroatoms. The summed E-state index contributed by atoms with van der Waals surface area (Å²) in [6, 6.07) is 6.23. The number of halogens is 3. The van der Waals surface area contributed by atoms with Gasteiger partial charge >= 0.3 is 0 Å². The third kappa shape index (κ3) is 3.30. The summed E-state index contributed by atoms with van der Waals surface area (Å²) in [5.74, 6) is -3.08. The lowest BCUT2D eigenvalue weighted by Crippen LogP contribution is -2.30. The zero-order chi connectivity index (χ0) is 18.4. The van der Waals surface area contributed by atoms with Crippen LogP contribution >= 0.6 is 0 Å². The highest BCUT2D eigenvalue weighted by atomic mass is 32.2. The first-order chi connectivity index (χ1) is 11.7. The number of rotatable bonds is 5. The van der Waals surface area contributed by atoms with E-state index in [-0.39, 0.29) is 11.4 Å². The lowest BCUT2D eigenvalue weighted by Gasteiger charge is -2.23. The van der Waals surface area contributed by atoms with Gasteiger partial charge in [0.15, 0.2) is 11.6 Å². The molecule has 0 atom stereocenters. The molecule has 4 nitrogen and oxygen atoms in total. The number of hydrogen-bond donors (Lipinski definition) is 1. The molecule has 1 saturated carbocycles. The maximum absolute atomic E-state index is 14.3. The zero-order valence-corrected chi connectivity index (χ0v) is 14.5. The van der Waals surface area contributed by atoms with Gasteiger partial charge in [0.2, 0.25) is 10.0 Å². The Morgan fingerprint density at radius 3 is 2.36 bits per heavy atom. The molecule has 0 aromatic heterocycles. The van der Waals surface area contributed by atoms with Crippen molar-refractivity contribution in [3.63, 3.8) is 0 Å². The Kier molecular flexibility index (Phi) is 4.40. The molecule has 2 aromatic carbocycles. The van der Waals surface area contributed by atoms with E-state index in [9.17, 15) is 21.6 Å². The first-order valence-corrected chi connectivity index (χ1v) is 9.21. The Bertz CT molecular complexity index is 928. The standard InChI is InChI=1S/C17H17F3N2O2S/c1-10-3-7-14(13(19)9-10)21-17-15(8-6-12(18)16(17)20)22(2)25(23,24)11-4-5-11/h3,6-9,11,21H,4-5H2,1-2H3. The molecule has 2 aromatic rings. The van der Waals surface area contributed by atoms with E-state index in [0.717, 1.165) is 16.4 Å². The van der Waals surface area contributed by atoms with Crippen LogP contribution in [0.1, 0.15) is 18.4 Å². The molecule has 0 bridgehead atoms. The minimum absolute atomic E-state index is 0.0754. The van der Waals surface area contributed by atoms with Crippen molar-refractivity contribution in [1.82, 2.24) is 0 Å². The quantitative estimate of drug-likeness (QED) is 0.863. The molecular formula is C17H17F3N2O2S. The zero-order valence-electron chi connectivity index (χ0n) is 13.7. The highest BCUT2D eigenvalue weighted by Crippen LogP contribution is 2.38. The number of nitrogens with zero attached hydrogens (tertiary/aromatic N) is 1. The van der Waals surface area contributed by atoms with E-state index in [4.69, 9.17) is 0 Å². The van der Waals surface area contributed by atoms with Crippen LogP contribution in [0.4, 0.5) is 30.2 Å². The second-order valence-electron chi connectivity index (χ2n) is 6.08. The first kappa shape index (κ1) is 17.6. The topological polar surface area (TPSA) is 49.4 Å². The minimum atomic E-state index is -3.67. The fourth-order valence-corrected chi connectivity index (χ4v) is 4.11. The van der Waals surface area contributed by atoms with Gasteiger partial charge in [0.1, 0.15) is 11.5 Å². The average Bonchev–Trinajstić information content (AvgIpc) is 3.39. The summed E-state index contributed by atoms with van der Waals surface area (Å²) < 4.78 is 67.8. The van der Waals surface area contributed by atoms with Crippen molar-refractivity contribution in [2.75, 3.05) is 16.7 Å². The molecule has 134 valence electrons. The van der Waals surface area contributed by atoms with Crippen molar-refractivity contribution in [3.05, 3.63) is 53.3 Å². The predicted molar refractivity (Wildman–Crippen MR) is 91.1 cm³/mol. The van der Waals surface area contributed by atoms with Crippen molar-refractivity contribution in [2.45, 2.75) is 25.0 Å². The number of hydrogen-bond acceptors (Lipinski definition) is 3. The van der Waals surface area contributed by atoms with Gasteiger partial charge in [-0.1, -0.05) is 6.07 Å². The lowest BCUT2D eigenvalue weighted by atomic mass is 10.2. The monoisotopic (exact) mass is 370 g/mol. The van der Waals surface area contributed by atoms with Crippen LogP contribution in [0.25, 0.3) is 0 Å². The maximum atomic E-state index is 14.3. The van der Waals surface area contributed by atoms with Crippen molar-refractivity contribution in [2.24, 2.45) is 0 Å². The van der Waals surface area contributed by atoms with Crippen molar-refractivity contribution >= 4 is 27.1 Å². The largest absolute Gasteiger partial charge is 0.349 e. The molecule has 0 radical (unpaired) electrons. The molecule has 1 aliphatic carbocycles. The highest BCUT2D eigenvalue weighted by molar-refractivity contribution is 7.93. The van der Waals surface area contributed by atoms with E-state index in [1.165, 1.54) is 19.2 Å². The number of aryl methyl sites for hydroxylation is 1. The summed E-state index contributed by atoms with van der Waals surface area (Å²) in [7, 11) is -2.39. The van der Waals surface area contributed by atoms with Gasteiger partial charge < -0.3 is 5.32 Å². The Morgan fingerprint density at radius 2 is 1.76 bits per heavy atom. The lowest BCUT2D eigenvalue weighted by molar-refractivity contribution is 0.511. The molecule has 3 rings (SSSR count). The highest BCUT2D eigenvalue weighted by Gasteiger charge is 2.39. The Labute approximate surface area is 144 Å². The van der Waals surface area contributed by atoms with Gasteiger partial charge in [-0.2, -0.15) is 0 Å². The molecule has 1 fully saturated rings. The van der Waals surface area contributed by atoms with Gasteiger partial charge in [-0.05, 0) is 49.6 Å². The van der Waals surface area contributed by atoms with Crippen molar-refractivity contribution in [1.29, 1.82) is 0 Å². The summed E-state index contributed by atoms with van der Waals surface area (Å²) in [4.78, 5) is 0. The third-order valence-corrected chi connectivity index (χ3v) is 6.40. The predicted octanol–water partition coefficient (Wildman–Crippen LogP) is 4.08. The van der Waals surface area contributed by atoms with Crippen LogP contribution in [0.3, 0.4) is 0 Å². The molecule has 1 N–H and O–H groups in total. The fourth-order valence-electron chi connectivity index (χ4n) is 2.50. The van der Waals surface area contributed by atoms with Crippen LogP contribution in [0.2, 0.25) is 0 Å². The van der Waals surface area contributed by atoms with Crippen LogP contribution in [0.5, 0.6) is 0 Å². The molecule has 0 heterocycles. The van der Waals surface area contributed by atoms with Crippen LogP contribution in [-0.2, 0) is 10.0 Å². The summed E-state index contributed by atoms with van der Waals surface area (Å²) in [5.41, 5.74) is 0.0882. The van der Waals surface area contributed by atoms with E-state index in [1.54, 1.807) is 13.0 Å². The molecule has 1 aliphatic rings. The molecule has 0 saturated heterocycles. The molecule has 25 heavy (non-hydrogen) atoms.